The summed E-state index contributed by atoms with van der Waals surface area (Å²) in [5.41, 5.74) is 0. The molecule has 1 N–H and O–H groups in total. The molecule has 3 nitrogen and oxygen atoms in total. The van der Waals surface area contributed by atoms with Gasteiger partial charge in [-0.2, -0.15) is 4.98 Å². The third-order valence-electron chi connectivity index (χ3n) is 1.36. The van der Waals surface area contributed by atoms with Gasteiger partial charge in [0.15, 0.2) is 0 Å². The summed E-state index contributed by atoms with van der Waals surface area (Å²) in [4.78, 5) is 7.82. The first-order valence-electron chi connectivity index (χ1n) is 3.77. The molecular weight excluding hydrogens is 253 g/mol. The second-order valence-electron chi connectivity index (χ2n) is 2.34. The molecule has 0 aliphatic heterocycles. The number of halogens is 2. The van der Waals surface area contributed by atoms with Crippen LogP contribution < -0.4 is 5.32 Å². The normalized spacial score (nSPS) is 9.69. The average Bonchev–Trinajstić information content (AvgIpc) is 2.11. The first-order valence-corrected chi connectivity index (χ1v) is 4.94. The van der Waals surface area contributed by atoms with Gasteiger partial charge in [-0.15, -0.1) is 6.58 Å². The van der Waals surface area contributed by atoms with Gasteiger partial charge in [0.25, 0.3) is 0 Å². The van der Waals surface area contributed by atoms with Crippen molar-refractivity contribution in [1.82, 2.24) is 9.97 Å². The molecule has 0 aromatic carbocycles. The molecule has 0 atom stereocenters. The molecule has 0 spiro atoms. The highest BCUT2D eigenvalue weighted by Crippen LogP contribution is 2.19. The highest BCUT2D eigenvalue weighted by atomic mass is 79.9. The van der Waals surface area contributed by atoms with Gasteiger partial charge in [-0.3, -0.25) is 0 Å². The Balaban J connectivity index is 2.64. The molecule has 1 aromatic rings. The highest BCUT2D eigenvalue weighted by Gasteiger charge is 2.01. The van der Waals surface area contributed by atoms with E-state index in [9.17, 15) is 0 Å². The maximum Gasteiger partial charge on any atom is 0.224 e. The lowest BCUT2D eigenvalue weighted by Crippen LogP contribution is -2.03. The maximum atomic E-state index is 5.63. The lowest BCUT2D eigenvalue weighted by Gasteiger charge is -2.05. The zero-order valence-corrected chi connectivity index (χ0v) is 9.27. The van der Waals surface area contributed by atoms with E-state index in [0.29, 0.717) is 5.82 Å². The molecule has 5 heteroatoms. The van der Waals surface area contributed by atoms with Gasteiger partial charge < -0.3 is 5.32 Å². The summed E-state index contributed by atoms with van der Waals surface area (Å²) < 4.78 is 0.806. The average molecular weight is 263 g/mol. The fourth-order valence-electron chi connectivity index (χ4n) is 0.762. The minimum atomic E-state index is 0.240. The molecule has 0 saturated carbocycles. The Morgan fingerprint density at radius 1 is 1.69 bits per heavy atom. The Labute approximate surface area is 90.4 Å². The zero-order chi connectivity index (χ0) is 9.68. The van der Waals surface area contributed by atoms with Gasteiger partial charge in [-0.25, -0.2) is 4.98 Å². The summed E-state index contributed by atoms with van der Waals surface area (Å²) in [5, 5.41) is 3.34. The molecule has 0 aliphatic rings. The Bertz CT molecular complexity index is 303. The van der Waals surface area contributed by atoms with Gasteiger partial charge in [-0.1, -0.05) is 6.08 Å². The van der Waals surface area contributed by atoms with Crippen LogP contribution in [0.15, 0.2) is 23.3 Å². The van der Waals surface area contributed by atoms with E-state index in [-0.39, 0.29) is 5.28 Å². The van der Waals surface area contributed by atoms with Crippen molar-refractivity contribution in [3.05, 3.63) is 28.6 Å². The second-order valence-corrected chi connectivity index (χ2v) is 3.53. The van der Waals surface area contributed by atoms with E-state index in [1.807, 2.05) is 6.08 Å². The van der Waals surface area contributed by atoms with E-state index in [4.69, 9.17) is 11.6 Å². The Hall–Kier alpha value is -0.610. The van der Waals surface area contributed by atoms with Gasteiger partial charge >= 0.3 is 0 Å². The summed E-state index contributed by atoms with van der Waals surface area (Å²) in [7, 11) is 0. The lowest BCUT2D eigenvalue weighted by molar-refractivity contribution is 1.03. The second kappa shape index (κ2) is 5.19. The number of hydrogen-bond acceptors (Lipinski definition) is 3. The first kappa shape index (κ1) is 10.5. The van der Waals surface area contributed by atoms with Crippen molar-refractivity contribution in [2.24, 2.45) is 0 Å². The van der Waals surface area contributed by atoms with Crippen LogP contribution in [-0.4, -0.2) is 16.5 Å². The largest absolute Gasteiger partial charge is 0.369 e. The zero-order valence-electron chi connectivity index (χ0n) is 6.93. The SMILES string of the molecule is C=CCCNc1nc(Cl)ncc1Br. The molecule has 1 aromatic heterocycles. The van der Waals surface area contributed by atoms with Crippen molar-refractivity contribution in [2.75, 3.05) is 11.9 Å². The van der Waals surface area contributed by atoms with Crippen LogP contribution in [0.4, 0.5) is 5.82 Å². The van der Waals surface area contributed by atoms with E-state index < -0.39 is 0 Å². The number of nitrogens with zero attached hydrogens (tertiary/aromatic N) is 2. The van der Waals surface area contributed by atoms with E-state index in [1.54, 1.807) is 6.20 Å². The van der Waals surface area contributed by atoms with Crippen LogP contribution in [-0.2, 0) is 0 Å². The molecule has 70 valence electrons. The van der Waals surface area contributed by atoms with E-state index >= 15 is 0 Å². The van der Waals surface area contributed by atoms with Crippen LogP contribution in [0.5, 0.6) is 0 Å². The van der Waals surface area contributed by atoms with Gasteiger partial charge in [0.1, 0.15) is 5.82 Å². The summed E-state index contributed by atoms with van der Waals surface area (Å²) in [5.74, 6) is 0.710. The molecular formula is C8H9BrClN3. The highest BCUT2D eigenvalue weighted by molar-refractivity contribution is 9.10. The van der Waals surface area contributed by atoms with Gasteiger partial charge in [0.2, 0.25) is 5.28 Å². The van der Waals surface area contributed by atoms with Crippen molar-refractivity contribution in [1.29, 1.82) is 0 Å². The van der Waals surface area contributed by atoms with Gasteiger partial charge in [0, 0.05) is 12.7 Å². The van der Waals surface area contributed by atoms with E-state index in [0.717, 1.165) is 17.4 Å². The van der Waals surface area contributed by atoms with Crippen LogP contribution in [0.3, 0.4) is 0 Å². The molecule has 1 rings (SSSR count). The van der Waals surface area contributed by atoms with Crippen molar-refractivity contribution in [3.8, 4) is 0 Å². The molecule has 0 saturated heterocycles. The fourth-order valence-corrected chi connectivity index (χ4v) is 1.23. The summed E-state index contributed by atoms with van der Waals surface area (Å²) in [6.45, 7) is 4.41. The van der Waals surface area contributed by atoms with E-state index in [1.165, 1.54) is 0 Å². The number of rotatable bonds is 4. The summed E-state index contributed by atoms with van der Waals surface area (Å²) in [6.07, 6.45) is 4.34. The van der Waals surface area contributed by atoms with Crippen LogP contribution in [0.2, 0.25) is 5.28 Å². The monoisotopic (exact) mass is 261 g/mol. The lowest BCUT2D eigenvalue weighted by atomic mass is 10.4. The first-order chi connectivity index (χ1) is 6.24. The van der Waals surface area contributed by atoms with Gasteiger partial charge in [-0.05, 0) is 34.0 Å². The van der Waals surface area contributed by atoms with Crippen molar-refractivity contribution in [2.45, 2.75) is 6.42 Å². The van der Waals surface area contributed by atoms with Crippen molar-refractivity contribution in [3.63, 3.8) is 0 Å². The molecule has 0 radical (unpaired) electrons. The fraction of sp³-hybridized carbons (Fsp3) is 0.250. The third kappa shape index (κ3) is 3.32. The van der Waals surface area contributed by atoms with Crippen LogP contribution in [0.25, 0.3) is 0 Å². The molecule has 0 bridgehead atoms. The topological polar surface area (TPSA) is 37.8 Å². The molecule has 0 amide bonds. The number of anilines is 1. The van der Waals surface area contributed by atoms with Crippen LogP contribution in [0.1, 0.15) is 6.42 Å². The quantitative estimate of drug-likeness (QED) is 0.515. The van der Waals surface area contributed by atoms with E-state index in [2.05, 4.69) is 37.8 Å². The molecule has 0 unspecified atom stereocenters. The predicted octanol–water partition coefficient (Wildman–Crippen LogP) is 2.88. The van der Waals surface area contributed by atoms with Crippen LogP contribution in [0, 0.1) is 0 Å². The van der Waals surface area contributed by atoms with Crippen molar-refractivity contribution < 1.29 is 0 Å². The third-order valence-corrected chi connectivity index (χ3v) is 2.12. The Kier molecular flexibility index (Phi) is 4.18. The Morgan fingerprint density at radius 2 is 2.46 bits per heavy atom. The summed E-state index contributed by atoms with van der Waals surface area (Å²) in [6, 6.07) is 0. The van der Waals surface area contributed by atoms with Crippen LogP contribution >= 0.6 is 27.5 Å². The minimum absolute atomic E-state index is 0.240. The van der Waals surface area contributed by atoms with Crippen molar-refractivity contribution >= 4 is 33.3 Å². The molecule has 1 heterocycles. The number of hydrogen-bond donors (Lipinski definition) is 1. The summed E-state index contributed by atoms with van der Waals surface area (Å²) >= 11 is 8.94. The number of aromatic nitrogens is 2. The smallest absolute Gasteiger partial charge is 0.224 e. The maximum absolute atomic E-state index is 5.63. The standard InChI is InChI=1S/C8H9BrClN3/c1-2-3-4-11-7-6(9)5-12-8(10)13-7/h2,5H,1,3-4H2,(H,11,12,13). The predicted molar refractivity (Wildman–Crippen MR) is 58.0 cm³/mol. The Morgan fingerprint density at radius 3 is 3.15 bits per heavy atom. The molecule has 13 heavy (non-hydrogen) atoms. The minimum Gasteiger partial charge on any atom is -0.369 e. The number of nitrogens with one attached hydrogen (secondary N) is 1. The molecule has 0 fully saturated rings. The van der Waals surface area contributed by atoms with Gasteiger partial charge in [0.05, 0.1) is 4.47 Å². The molecule has 0 aliphatic carbocycles.